The van der Waals surface area contributed by atoms with Crippen molar-refractivity contribution in [2.24, 2.45) is 0 Å². The molecule has 0 spiro atoms. The van der Waals surface area contributed by atoms with Crippen molar-refractivity contribution < 1.29 is 43.6 Å². The van der Waals surface area contributed by atoms with Crippen LogP contribution in [0.4, 0.5) is 22.0 Å². The summed E-state index contributed by atoms with van der Waals surface area (Å²) < 4.78 is 115. The summed E-state index contributed by atoms with van der Waals surface area (Å²) in [7, 11) is -5.76. The Bertz CT molecular complexity index is 898. The number of halogens is 5. The molecule has 0 aliphatic rings. The van der Waals surface area contributed by atoms with Crippen molar-refractivity contribution in [3.05, 3.63) is 23.8 Å². The molecule has 154 valence electrons. The molecule has 14 heteroatoms. The van der Waals surface area contributed by atoms with Gasteiger partial charge < -0.3 is 0 Å². The van der Waals surface area contributed by atoms with Crippen molar-refractivity contribution in [1.29, 1.82) is 0 Å². The van der Waals surface area contributed by atoms with Crippen LogP contribution in [0.3, 0.4) is 0 Å². The fourth-order valence-corrected chi connectivity index (χ4v) is 4.12. The number of nitrogens with zero attached hydrogens (tertiary/aromatic N) is 2. The average molecular weight is 438 g/mol. The summed E-state index contributed by atoms with van der Waals surface area (Å²) >= 11 is 0. The lowest BCUT2D eigenvalue weighted by Gasteiger charge is -2.23. The van der Waals surface area contributed by atoms with Crippen LogP contribution in [0.1, 0.15) is 10.4 Å². The lowest BCUT2D eigenvalue weighted by atomic mass is 10.0. The van der Waals surface area contributed by atoms with Crippen molar-refractivity contribution >= 4 is 25.8 Å². The number of carbonyl (C=O) groups excluding carboxylic acids is 1. The molecule has 0 saturated carbocycles. The van der Waals surface area contributed by atoms with Crippen LogP contribution in [0.25, 0.3) is 0 Å². The van der Waals surface area contributed by atoms with Gasteiger partial charge in [0.25, 0.3) is 0 Å². The molecule has 0 N–H and O–H groups in total. The van der Waals surface area contributed by atoms with Crippen molar-refractivity contribution in [3.8, 4) is 0 Å². The Labute approximate surface area is 152 Å². The summed E-state index contributed by atoms with van der Waals surface area (Å²) in [5, 5.41) is 0. The van der Waals surface area contributed by atoms with E-state index < -0.39 is 53.3 Å². The number of sulfonamides is 2. The highest BCUT2D eigenvalue weighted by atomic mass is 32.2. The molecule has 0 amide bonds. The van der Waals surface area contributed by atoms with Crippen LogP contribution in [0.2, 0.25) is 0 Å². The van der Waals surface area contributed by atoms with Gasteiger partial charge >= 0.3 is 12.1 Å². The number of carbonyl (C=O) groups is 1. The Hall–Kier alpha value is -1.64. The first-order valence-corrected chi connectivity index (χ1v) is 9.75. The largest absolute Gasteiger partial charge is 0.461 e. The molecule has 0 bridgehead atoms. The Balaban J connectivity index is 4.08. The van der Waals surface area contributed by atoms with Gasteiger partial charge in [-0.1, -0.05) is 6.07 Å². The van der Waals surface area contributed by atoms with Gasteiger partial charge in [0.15, 0.2) is 0 Å². The number of rotatable bonds is 6. The van der Waals surface area contributed by atoms with Crippen molar-refractivity contribution in [2.75, 3.05) is 28.2 Å². The molecule has 0 aromatic heterocycles. The number of hydrogen-bond acceptors (Lipinski definition) is 5. The van der Waals surface area contributed by atoms with E-state index in [1.54, 1.807) is 0 Å². The van der Waals surface area contributed by atoms with Gasteiger partial charge in [-0.05, 0) is 12.1 Å². The normalized spacial score (nSPS) is 14.0. The molecule has 0 radical (unpaired) electrons. The fraction of sp³-hybridized carbons (Fsp3) is 0.462. The standard InChI is InChI=1S/C13H15F5N2O5S2/c1-19(2)26(22,23)8-6-5-7-9(27(24,25)20(3)4)10(8)11(21)12(14,15)13(16,17)18/h5-7H,1-4H3. The van der Waals surface area contributed by atoms with Crippen LogP contribution in [0.15, 0.2) is 28.0 Å². The zero-order valence-electron chi connectivity index (χ0n) is 14.4. The maximum absolute atomic E-state index is 13.7. The van der Waals surface area contributed by atoms with E-state index in [1.165, 1.54) is 0 Å². The van der Waals surface area contributed by atoms with Gasteiger partial charge in [0.2, 0.25) is 25.8 Å². The van der Waals surface area contributed by atoms with Crippen LogP contribution in [-0.4, -0.2) is 71.5 Å². The van der Waals surface area contributed by atoms with Crippen LogP contribution < -0.4 is 0 Å². The second-order valence-corrected chi connectivity index (χ2v) is 9.85. The van der Waals surface area contributed by atoms with Crippen LogP contribution in [-0.2, 0) is 20.0 Å². The first kappa shape index (κ1) is 23.4. The second-order valence-electron chi connectivity index (χ2n) is 5.61. The topological polar surface area (TPSA) is 91.8 Å². The summed E-state index contributed by atoms with van der Waals surface area (Å²) in [5.74, 6) is -9.00. The van der Waals surface area contributed by atoms with E-state index in [1.807, 2.05) is 0 Å². The van der Waals surface area contributed by atoms with E-state index in [9.17, 15) is 43.6 Å². The molecule has 1 rings (SSSR count). The van der Waals surface area contributed by atoms with E-state index in [4.69, 9.17) is 0 Å². The number of hydrogen-bond donors (Lipinski definition) is 0. The molecule has 0 aliphatic carbocycles. The molecular weight excluding hydrogens is 423 g/mol. The maximum Gasteiger partial charge on any atom is 0.461 e. The molecular formula is C13H15F5N2O5S2. The highest BCUT2D eigenvalue weighted by Gasteiger charge is 2.64. The van der Waals surface area contributed by atoms with E-state index in [0.717, 1.165) is 34.3 Å². The Morgan fingerprint density at radius 1 is 0.815 bits per heavy atom. The van der Waals surface area contributed by atoms with Gasteiger partial charge in [0, 0.05) is 28.2 Å². The van der Waals surface area contributed by atoms with Crippen LogP contribution in [0, 0.1) is 0 Å². The molecule has 1 aromatic carbocycles. The minimum atomic E-state index is -6.36. The molecule has 0 heterocycles. The maximum atomic E-state index is 13.7. The predicted molar refractivity (Wildman–Crippen MR) is 83.5 cm³/mol. The molecule has 0 aliphatic heterocycles. The highest BCUT2D eigenvalue weighted by molar-refractivity contribution is 7.90. The average Bonchev–Trinajstić information content (AvgIpc) is 2.51. The SMILES string of the molecule is CN(C)S(=O)(=O)c1cccc(S(=O)(=O)N(C)C)c1C(=O)C(F)(F)C(F)(F)F. The zero-order valence-corrected chi connectivity index (χ0v) is 16.0. The van der Waals surface area contributed by atoms with Crippen molar-refractivity contribution in [1.82, 2.24) is 8.61 Å². The van der Waals surface area contributed by atoms with Crippen molar-refractivity contribution in [3.63, 3.8) is 0 Å². The van der Waals surface area contributed by atoms with Gasteiger partial charge in [-0.25, -0.2) is 25.4 Å². The number of Topliss-reactive ketones (excluding diaryl/α,β-unsaturated/α-hetero) is 1. The molecule has 1 aromatic rings. The monoisotopic (exact) mass is 438 g/mol. The Kier molecular flexibility index (Phi) is 6.13. The van der Waals surface area contributed by atoms with Gasteiger partial charge in [-0.2, -0.15) is 22.0 Å². The summed E-state index contributed by atoms with van der Waals surface area (Å²) in [4.78, 5) is 9.48. The first-order chi connectivity index (χ1) is 11.9. The summed E-state index contributed by atoms with van der Waals surface area (Å²) in [6.07, 6.45) is -6.36. The number of benzene rings is 1. The Morgan fingerprint density at radius 2 is 1.15 bits per heavy atom. The molecule has 27 heavy (non-hydrogen) atoms. The second kappa shape index (κ2) is 7.07. The Morgan fingerprint density at radius 3 is 1.41 bits per heavy atom. The third-order valence-corrected chi connectivity index (χ3v) is 7.09. The van der Waals surface area contributed by atoms with Crippen LogP contribution in [0.5, 0.6) is 0 Å². The summed E-state index contributed by atoms with van der Waals surface area (Å²) in [6, 6.07) is 1.96. The van der Waals surface area contributed by atoms with Gasteiger partial charge in [0.1, 0.15) is 0 Å². The predicted octanol–water partition coefficient (Wildman–Crippen LogP) is 1.57. The lowest BCUT2D eigenvalue weighted by molar-refractivity contribution is -0.255. The lowest BCUT2D eigenvalue weighted by Crippen LogP contribution is -2.45. The third-order valence-electron chi connectivity index (χ3n) is 3.37. The molecule has 0 saturated heterocycles. The summed E-state index contributed by atoms with van der Waals surface area (Å²) in [5.41, 5.74) is -1.76. The zero-order chi connectivity index (χ0) is 21.6. The molecule has 0 atom stereocenters. The summed E-state index contributed by atoms with van der Waals surface area (Å²) in [6.45, 7) is 0. The van der Waals surface area contributed by atoms with E-state index in [0.29, 0.717) is 20.7 Å². The van der Waals surface area contributed by atoms with Gasteiger partial charge in [-0.15, -0.1) is 0 Å². The molecule has 0 unspecified atom stereocenters. The number of ketones is 1. The van der Waals surface area contributed by atoms with Crippen molar-refractivity contribution in [2.45, 2.75) is 21.9 Å². The smallest absolute Gasteiger partial charge is 0.287 e. The third kappa shape index (κ3) is 3.97. The quantitative estimate of drug-likeness (QED) is 0.497. The van der Waals surface area contributed by atoms with E-state index in [2.05, 4.69) is 0 Å². The fourth-order valence-electron chi connectivity index (χ4n) is 1.84. The number of alkyl halides is 5. The van der Waals surface area contributed by atoms with Crippen LogP contribution >= 0.6 is 0 Å². The van der Waals surface area contributed by atoms with Gasteiger partial charge in [-0.3, -0.25) is 4.79 Å². The highest BCUT2D eigenvalue weighted by Crippen LogP contribution is 2.41. The first-order valence-electron chi connectivity index (χ1n) is 6.87. The minimum absolute atomic E-state index is 0.441. The van der Waals surface area contributed by atoms with E-state index in [-0.39, 0.29) is 0 Å². The van der Waals surface area contributed by atoms with Gasteiger partial charge in [0.05, 0.1) is 15.4 Å². The molecule has 0 fully saturated rings. The minimum Gasteiger partial charge on any atom is -0.287 e. The molecule has 7 nitrogen and oxygen atoms in total. The van der Waals surface area contributed by atoms with E-state index >= 15 is 0 Å².